The number of piperidine rings is 1. The third kappa shape index (κ3) is 3.51. The molecule has 1 heterocycles. The Kier molecular flexibility index (Phi) is 5.01. The molecule has 1 unspecified atom stereocenters. The van der Waals surface area contributed by atoms with Gasteiger partial charge in [0, 0.05) is 25.3 Å². The molecule has 4 heteroatoms. The molecular formula is C16H25N3O. The van der Waals surface area contributed by atoms with Gasteiger partial charge in [0.25, 0.3) is 5.91 Å². The van der Waals surface area contributed by atoms with E-state index in [0.29, 0.717) is 6.04 Å². The van der Waals surface area contributed by atoms with Crippen LogP contribution in [0.2, 0.25) is 0 Å². The van der Waals surface area contributed by atoms with Crippen molar-refractivity contribution >= 4 is 11.6 Å². The highest BCUT2D eigenvalue weighted by atomic mass is 16.1. The Morgan fingerprint density at radius 2 is 2.20 bits per heavy atom. The van der Waals surface area contributed by atoms with E-state index in [1.807, 2.05) is 32.2 Å². The minimum Gasteiger partial charge on any atom is -0.387 e. The molecular weight excluding hydrogens is 250 g/mol. The molecule has 0 aromatic heterocycles. The van der Waals surface area contributed by atoms with Crippen LogP contribution in [-0.2, 0) is 0 Å². The number of hydrogen-bond acceptors (Lipinski definition) is 3. The van der Waals surface area contributed by atoms with Gasteiger partial charge in [-0.05, 0) is 45.5 Å². The van der Waals surface area contributed by atoms with E-state index in [0.717, 1.165) is 29.9 Å². The maximum absolute atomic E-state index is 12.4. The van der Waals surface area contributed by atoms with Gasteiger partial charge in [0.05, 0.1) is 5.56 Å². The first-order valence-corrected chi connectivity index (χ1v) is 7.38. The van der Waals surface area contributed by atoms with Crippen molar-refractivity contribution in [2.45, 2.75) is 32.2 Å². The predicted octanol–water partition coefficient (Wildman–Crippen LogP) is 2.25. The molecule has 1 saturated heterocycles. The summed E-state index contributed by atoms with van der Waals surface area (Å²) in [5.74, 6) is 0.0111. The quantitative estimate of drug-likeness (QED) is 0.886. The molecule has 0 spiro atoms. The second kappa shape index (κ2) is 6.75. The number of aryl methyl sites for hydroxylation is 1. The van der Waals surface area contributed by atoms with E-state index < -0.39 is 0 Å². The van der Waals surface area contributed by atoms with Crippen LogP contribution in [0.1, 0.15) is 35.2 Å². The number of likely N-dealkylation sites (tertiary alicyclic amines) is 1. The molecule has 1 aliphatic rings. The maximum atomic E-state index is 12.4. The molecule has 1 amide bonds. The maximum Gasteiger partial charge on any atom is 0.253 e. The van der Waals surface area contributed by atoms with E-state index in [1.165, 1.54) is 19.3 Å². The van der Waals surface area contributed by atoms with Crippen molar-refractivity contribution in [3.05, 3.63) is 29.3 Å². The summed E-state index contributed by atoms with van der Waals surface area (Å²) in [6.07, 6.45) is 3.70. The SMILES string of the molecule is CNc1ccc(C)cc1C(=O)NCC1CCCCN1C. The lowest BCUT2D eigenvalue weighted by Gasteiger charge is -2.32. The molecule has 1 aromatic rings. The van der Waals surface area contributed by atoms with Crippen LogP contribution in [0.3, 0.4) is 0 Å². The number of amides is 1. The molecule has 1 fully saturated rings. The third-order valence-corrected chi connectivity index (χ3v) is 4.11. The topological polar surface area (TPSA) is 44.4 Å². The molecule has 0 bridgehead atoms. The number of carbonyl (C=O) groups is 1. The summed E-state index contributed by atoms with van der Waals surface area (Å²) in [5.41, 5.74) is 2.71. The Labute approximate surface area is 121 Å². The fraction of sp³-hybridized carbons (Fsp3) is 0.562. The van der Waals surface area contributed by atoms with Crippen LogP contribution in [0.15, 0.2) is 18.2 Å². The monoisotopic (exact) mass is 275 g/mol. The molecule has 1 aromatic carbocycles. The van der Waals surface area contributed by atoms with Crippen LogP contribution in [0.4, 0.5) is 5.69 Å². The zero-order valence-electron chi connectivity index (χ0n) is 12.7. The number of nitrogens with zero attached hydrogens (tertiary/aromatic N) is 1. The summed E-state index contributed by atoms with van der Waals surface area (Å²) >= 11 is 0. The Hall–Kier alpha value is -1.55. The van der Waals surface area contributed by atoms with Crippen LogP contribution in [0, 0.1) is 6.92 Å². The third-order valence-electron chi connectivity index (χ3n) is 4.11. The number of hydrogen-bond donors (Lipinski definition) is 2. The summed E-state index contributed by atoms with van der Waals surface area (Å²) in [6, 6.07) is 6.37. The Bertz CT molecular complexity index is 473. The molecule has 4 nitrogen and oxygen atoms in total. The minimum absolute atomic E-state index is 0.0111. The van der Waals surface area contributed by atoms with Gasteiger partial charge in [0.2, 0.25) is 0 Å². The molecule has 2 N–H and O–H groups in total. The zero-order chi connectivity index (χ0) is 14.5. The first-order valence-electron chi connectivity index (χ1n) is 7.38. The molecule has 1 atom stereocenters. The summed E-state index contributed by atoms with van der Waals surface area (Å²) in [6.45, 7) is 3.87. The molecule has 0 saturated carbocycles. The average molecular weight is 275 g/mol. The Morgan fingerprint density at radius 1 is 1.40 bits per heavy atom. The van der Waals surface area contributed by atoms with Crippen molar-refractivity contribution in [2.24, 2.45) is 0 Å². The first kappa shape index (κ1) is 14.9. The Morgan fingerprint density at radius 3 is 2.90 bits per heavy atom. The van der Waals surface area contributed by atoms with E-state index in [9.17, 15) is 4.79 Å². The van der Waals surface area contributed by atoms with Crippen LogP contribution < -0.4 is 10.6 Å². The van der Waals surface area contributed by atoms with Gasteiger partial charge in [-0.1, -0.05) is 18.1 Å². The standard InChI is InChI=1S/C16H25N3O/c1-12-7-8-15(17-2)14(10-12)16(20)18-11-13-6-4-5-9-19(13)3/h7-8,10,13,17H,4-6,9,11H2,1-3H3,(H,18,20). The van der Waals surface area contributed by atoms with Gasteiger partial charge in [0.1, 0.15) is 0 Å². The van der Waals surface area contributed by atoms with E-state index in [2.05, 4.69) is 22.6 Å². The number of likely N-dealkylation sites (N-methyl/N-ethyl adjacent to an activating group) is 1. The first-order chi connectivity index (χ1) is 9.61. The van der Waals surface area contributed by atoms with Crippen molar-refractivity contribution < 1.29 is 4.79 Å². The lowest BCUT2D eigenvalue weighted by atomic mass is 10.0. The molecule has 1 aliphatic heterocycles. The lowest BCUT2D eigenvalue weighted by Crippen LogP contribution is -2.44. The van der Waals surface area contributed by atoms with Crippen molar-refractivity contribution in [1.29, 1.82) is 0 Å². The van der Waals surface area contributed by atoms with Gasteiger partial charge in [-0.2, -0.15) is 0 Å². The minimum atomic E-state index is 0.0111. The normalized spacial score (nSPS) is 19.6. The molecule has 110 valence electrons. The number of anilines is 1. The summed E-state index contributed by atoms with van der Waals surface area (Å²) in [4.78, 5) is 14.7. The predicted molar refractivity (Wildman–Crippen MR) is 83.3 cm³/mol. The summed E-state index contributed by atoms with van der Waals surface area (Å²) in [5, 5.41) is 6.16. The molecule has 0 aliphatic carbocycles. The smallest absolute Gasteiger partial charge is 0.253 e. The van der Waals surface area contributed by atoms with Gasteiger partial charge in [-0.15, -0.1) is 0 Å². The van der Waals surface area contributed by atoms with Crippen molar-refractivity contribution in [3.63, 3.8) is 0 Å². The molecule has 20 heavy (non-hydrogen) atoms. The van der Waals surface area contributed by atoms with E-state index in [1.54, 1.807) is 0 Å². The van der Waals surface area contributed by atoms with Crippen LogP contribution >= 0.6 is 0 Å². The highest BCUT2D eigenvalue weighted by Gasteiger charge is 2.20. The van der Waals surface area contributed by atoms with Crippen molar-refractivity contribution in [3.8, 4) is 0 Å². The highest BCUT2D eigenvalue weighted by molar-refractivity contribution is 5.99. The fourth-order valence-electron chi connectivity index (χ4n) is 2.77. The number of benzene rings is 1. The van der Waals surface area contributed by atoms with E-state index in [4.69, 9.17) is 0 Å². The highest BCUT2D eigenvalue weighted by Crippen LogP contribution is 2.18. The second-order valence-electron chi connectivity index (χ2n) is 5.64. The molecule has 0 radical (unpaired) electrons. The summed E-state index contributed by atoms with van der Waals surface area (Å²) in [7, 11) is 3.98. The van der Waals surface area contributed by atoms with Gasteiger partial charge in [0.15, 0.2) is 0 Å². The van der Waals surface area contributed by atoms with Gasteiger partial charge < -0.3 is 15.5 Å². The zero-order valence-corrected chi connectivity index (χ0v) is 12.7. The molecule has 2 rings (SSSR count). The van der Waals surface area contributed by atoms with Gasteiger partial charge in [-0.3, -0.25) is 4.79 Å². The van der Waals surface area contributed by atoms with Crippen LogP contribution in [0.5, 0.6) is 0 Å². The fourth-order valence-corrected chi connectivity index (χ4v) is 2.77. The van der Waals surface area contributed by atoms with Crippen LogP contribution in [0.25, 0.3) is 0 Å². The van der Waals surface area contributed by atoms with Gasteiger partial charge >= 0.3 is 0 Å². The largest absolute Gasteiger partial charge is 0.387 e. The average Bonchev–Trinajstić information content (AvgIpc) is 2.46. The van der Waals surface area contributed by atoms with E-state index in [-0.39, 0.29) is 5.91 Å². The lowest BCUT2D eigenvalue weighted by molar-refractivity contribution is 0.0929. The number of nitrogens with one attached hydrogen (secondary N) is 2. The second-order valence-corrected chi connectivity index (χ2v) is 5.64. The van der Waals surface area contributed by atoms with E-state index >= 15 is 0 Å². The van der Waals surface area contributed by atoms with Gasteiger partial charge in [-0.25, -0.2) is 0 Å². The number of rotatable bonds is 4. The van der Waals surface area contributed by atoms with Crippen molar-refractivity contribution in [1.82, 2.24) is 10.2 Å². The Balaban J connectivity index is 1.99. The number of carbonyl (C=O) groups excluding carboxylic acids is 1. The van der Waals surface area contributed by atoms with Crippen molar-refractivity contribution in [2.75, 3.05) is 32.5 Å². The van der Waals surface area contributed by atoms with Crippen LogP contribution in [-0.4, -0.2) is 44.0 Å². The summed E-state index contributed by atoms with van der Waals surface area (Å²) < 4.78 is 0.